The second kappa shape index (κ2) is 4.81. The maximum absolute atomic E-state index is 11.0. The van der Waals surface area contributed by atoms with Crippen molar-refractivity contribution in [2.45, 2.75) is 13.3 Å². The van der Waals surface area contributed by atoms with E-state index in [2.05, 4.69) is 29.2 Å². The molecule has 0 saturated carbocycles. The van der Waals surface area contributed by atoms with Gasteiger partial charge in [0.05, 0.1) is 17.3 Å². The highest BCUT2D eigenvalue weighted by Gasteiger charge is 2.08. The predicted molar refractivity (Wildman–Crippen MR) is 76.1 cm³/mol. The lowest BCUT2D eigenvalue weighted by molar-refractivity contribution is 0.0696. The topological polar surface area (TPSA) is 54.6 Å². The first-order valence-electron chi connectivity index (χ1n) is 6.38. The van der Waals surface area contributed by atoms with Crippen LogP contribution in [0.5, 0.6) is 0 Å². The number of carboxylic acids is 1. The number of hydrogen-bond acceptors (Lipinski definition) is 2. The number of aryl methyl sites for hydroxylation is 1. The van der Waals surface area contributed by atoms with Gasteiger partial charge in [-0.25, -0.2) is 9.78 Å². The fourth-order valence-electron chi connectivity index (χ4n) is 2.19. The second-order valence-electron chi connectivity index (χ2n) is 4.85. The fraction of sp³-hybridized carbons (Fsp3) is 0.125. The van der Waals surface area contributed by atoms with Crippen molar-refractivity contribution in [2.75, 3.05) is 0 Å². The van der Waals surface area contributed by atoms with Crippen molar-refractivity contribution < 1.29 is 9.90 Å². The summed E-state index contributed by atoms with van der Waals surface area (Å²) in [7, 11) is 0. The van der Waals surface area contributed by atoms with E-state index in [1.165, 1.54) is 5.56 Å². The summed E-state index contributed by atoms with van der Waals surface area (Å²) in [5, 5.41) is 9.06. The van der Waals surface area contributed by atoms with Gasteiger partial charge >= 0.3 is 5.97 Å². The van der Waals surface area contributed by atoms with Gasteiger partial charge < -0.3 is 9.51 Å². The number of imidazole rings is 1. The van der Waals surface area contributed by atoms with Gasteiger partial charge in [-0.2, -0.15) is 0 Å². The molecule has 0 saturated heterocycles. The van der Waals surface area contributed by atoms with Gasteiger partial charge in [-0.3, -0.25) is 0 Å². The molecule has 0 aliphatic rings. The van der Waals surface area contributed by atoms with Crippen molar-refractivity contribution in [2.24, 2.45) is 0 Å². The molecule has 2 heterocycles. The van der Waals surface area contributed by atoms with E-state index in [1.54, 1.807) is 24.5 Å². The van der Waals surface area contributed by atoms with Crippen LogP contribution in [0.25, 0.3) is 5.52 Å². The molecule has 0 amide bonds. The molecular weight excluding hydrogens is 252 g/mol. The van der Waals surface area contributed by atoms with E-state index < -0.39 is 5.97 Å². The monoisotopic (exact) mass is 266 g/mol. The Labute approximate surface area is 116 Å². The first-order valence-corrected chi connectivity index (χ1v) is 6.38. The van der Waals surface area contributed by atoms with Gasteiger partial charge in [-0.05, 0) is 24.6 Å². The van der Waals surface area contributed by atoms with Crippen LogP contribution in [0.1, 0.15) is 27.3 Å². The van der Waals surface area contributed by atoms with Crippen LogP contribution < -0.4 is 0 Å². The molecule has 4 nitrogen and oxygen atoms in total. The molecule has 2 aromatic heterocycles. The standard InChI is InChI=1S/C16H14N2O2/c1-11-2-4-12(5-3-11)8-15-17-9-14-7-6-13(16(19)20)10-18(14)15/h2-7,9-10H,8H2,1H3,(H,19,20). The summed E-state index contributed by atoms with van der Waals surface area (Å²) in [5.74, 6) is -0.0890. The molecule has 0 unspecified atom stereocenters. The average molecular weight is 266 g/mol. The molecular formula is C16H14N2O2. The van der Waals surface area contributed by atoms with Crippen LogP contribution in [0.2, 0.25) is 0 Å². The van der Waals surface area contributed by atoms with Crippen LogP contribution in [-0.4, -0.2) is 20.5 Å². The van der Waals surface area contributed by atoms with Crippen LogP contribution >= 0.6 is 0 Å². The van der Waals surface area contributed by atoms with E-state index in [4.69, 9.17) is 5.11 Å². The minimum absolute atomic E-state index is 0.264. The minimum Gasteiger partial charge on any atom is -0.478 e. The number of nitrogens with zero attached hydrogens (tertiary/aromatic N) is 2. The Hall–Kier alpha value is -2.62. The summed E-state index contributed by atoms with van der Waals surface area (Å²) >= 11 is 0. The highest BCUT2D eigenvalue weighted by molar-refractivity contribution is 5.87. The number of carboxylic acid groups (broad SMARTS) is 1. The molecule has 0 bridgehead atoms. The Balaban J connectivity index is 2.00. The summed E-state index contributed by atoms with van der Waals surface area (Å²) in [6.45, 7) is 2.05. The van der Waals surface area contributed by atoms with Crippen LogP contribution in [0.3, 0.4) is 0 Å². The lowest BCUT2D eigenvalue weighted by Crippen LogP contribution is -2.01. The van der Waals surface area contributed by atoms with Crippen LogP contribution in [-0.2, 0) is 6.42 Å². The Bertz CT molecular complexity index is 773. The average Bonchev–Trinajstić information content (AvgIpc) is 2.84. The molecule has 0 spiro atoms. The molecule has 3 rings (SSSR count). The Morgan fingerprint density at radius 1 is 1.20 bits per heavy atom. The molecule has 0 radical (unpaired) electrons. The van der Waals surface area contributed by atoms with E-state index >= 15 is 0 Å². The van der Waals surface area contributed by atoms with Crippen LogP contribution in [0.4, 0.5) is 0 Å². The van der Waals surface area contributed by atoms with Gasteiger partial charge in [0.2, 0.25) is 0 Å². The molecule has 0 atom stereocenters. The Morgan fingerprint density at radius 3 is 2.65 bits per heavy atom. The van der Waals surface area contributed by atoms with Gasteiger partial charge in [-0.1, -0.05) is 29.8 Å². The number of carbonyl (C=O) groups is 1. The molecule has 1 aromatic carbocycles. The maximum Gasteiger partial charge on any atom is 0.337 e. The normalized spacial score (nSPS) is 10.8. The summed E-state index contributed by atoms with van der Waals surface area (Å²) in [4.78, 5) is 15.4. The first-order chi connectivity index (χ1) is 9.63. The molecule has 3 aromatic rings. The summed E-state index contributed by atoms with van der Waals surface area (Å²) in [6, 6.07) is 11.6. The maximum atomic E-state index is 11.0. The van der Waals surface area contributed by atoms with Crippen molar-refractivity contribution >= 4 is 11.5 Å². The molecule has 1 N–H and O–H groups in total. The highest BCUT2D eigenvalue weighted by Crippen LogP contribution is 2.14. The Kier molecular flexibility index (Phi) is 2.99. The number of benzene rings is 1. The zero-order valence-electron chi connectivity index (χ0n) is 11.1. The summed E-state index contributed by atoms with van der Waals surface area (Å²) in [5.41, 5.74) is 3.54. The quantitative estimate of drug-likeness (QED) is 0.793. The van der Waals surface area contributed by atoms with Crippen molar-refractivity contribution in [1.29, 1.82) is 0 Å². The zero-order valence-corrected chi connectivity index (χ0v) is 11.1. The summed E-state index contributed by atoms with van der Waals surface area (Å²) < 4.78 is 1.84. The lowest BCUT2D eigenvalue weighted by Gasteiger charge is -2.04. The van der Waals surface area contributed by atoms with Gasteiger partial charge in [0.1, 0.15) is 5.82 Å². The highest BCUT2D eigenvalue weighted by atomic mass is 16.4. The number of pyridine rings is 1. The van der Waals surface area contributed by atoms with Gasteiger partial charge in [0.15, 0.2) is 0 Å². The number of aromatic carboxylic acids is 1. The number of hydrogen-bond donors (Lipinski definition) is 1. The smallest absolute Gasteiger partial charge is 0.337 e. The van der Waals surface area contributed by atoms with Crippen molar-refractivity contribution in [3.8, 4) is 0 Å². The van der Waals surface area contributed by atoms with E-state index in [1.807, 2.05) is 11.3 Å². The van der Waals surface area contributed by atoms with E-state index in [9.17, 15) is 4.79 Å². The van der Waals surface area contributed by atoms with Crippen molar-refractivity contribution in [3.05, 3.63) is 71.3 Å². The van der Waals surface area contributed by atoms with E-state index in [0.717, 1.165) is 16.9 Å². The zero-order chi connectivity index (χ0) is 14.1. The molecule has 0 aliphatic heterocycles. The minimum atomic E-state index is -0.929. The van der Waals surface area contributed by atoms with E-state index in [-0.39, 0.29) is 5.56 Å². The van der Waals surface area contributed by atoms with Crippen LogP contribution in [0, 0.1) is 6.92 Å². The Morgan fingerprint density at radius 2 is 1.95 bits per heavy atom. The number of fused-ring (bicyclic) bond motifs is 1. The lowest BCUT2D eigenvalue weighted by atomic mass is 10.1. The second-order valence-corrected chi connectivity index (χ2v) is 4.85. The third-order valence-electron chi connectivity index (χ3n) is 3.33. The molecule has 100 valence electrons. The van der Waals surface area contributed by atoms with E-state index in [0.29, 0.717) is 6.42 Å². The van der Waals surface area contributed by atoms with Crippen molar-refractivity contribution in [1.82, 2.24) is 9.38 Å². The third-order valence-corrected chi connectivity index (χ3v) is 3.33. The molecule has 0 aliphatic carbocycles. The van der Waals surface area contributed by atoms with Gasteiger partial charge in [0, 0.05) is 12.6 Å². The van der Waals surface area contributed by atoms with Crippen molar-refractivity contribution in [3.63, 3.8) is 0 Å². The SMILES string of the molecule is Cc1ccc(Cc2ncc3ccc(C(=O)O)cn23)cc1. The fourth-order valence-corrected chi connectivity index (χ4v) is 2.19. The largest absolute Gasteiger partial charge is 0.478 e. The number of rotatable bonds is 3. The van der Waals surface area contributed by atoms with Gasteiger partial charge in [-0.15, -0.1) is 0 Å². The molecule has 0 fully saturated rings. The molecule has 4 heteroatoms. The van der Waals surface area contributed by atoms with Gasteiger partial charge in [0.25, 0.3) is 0 Å². The number of aromatic nitrogens is 2. The first kappa shape index (κ1) is 12.4. The predicted octanol–water partition coefficient (Wildman–Crippen LogP) is 2.93. The van der Waals surface area contributed by atoms with Crippen LogP contribution in [0.15, 0.2) is 48.8 Å². The summed E-state index contributed by atoms with van der Waals surface area (Å²) in [6.07, 6.45) is 4.06. The third kappa shape index (κ3) is 2.28. The molecule has 20 heavy (non-hydrogen) atoms.